The van der Waals surface area contributed by atoms with Crippen molar-refractivity contribution in [2.45, 2.75) is 13.5 Å². The Bertz CT molecular complexity index is 650. The Kier molecular flexibility index (Phi) is 4.55. The van der Waals surface area contributed by atoms with E-state index < -0.39 is 4.92 Å². The molecule has 7 heteroatoms. The number of furan rings is 1. The fraction of sp³-hybridized carbons (Fsp3) is 0.214. The standard InChI is InChI=1S/C14H14N2O5/c1-2-15-14(17)13-8-7-10(21-13)9-20-12-6-4-3-5-11(12)16(18)19/h3-8H,2,9H2,1H3,(H,15,17). The number of nitrogens with zero attached hydrogens (tertiary/aromatic N) is 1. The molecule has 21 heavy (non-hydrogen) atoms. The maximum absolute atomic E-state index is 11.5. The third kappa shape index (κ3) is 3.59. The minimum atomic E-state index is -0.516. The molecule has 0 unspecified atom stereocenters. The second-order valence-electron chi connectivity index (χ2n) is 4.14. The van der Waals surface area contributed by atoms with Crippen molar-refractivity contribution in [3.63, 3.8) is 0 Å². The van der Waals surface area contributed by atoms with Crippen molar-refractivity contribution in [2.75, 3.05) is 6.54 Å². The number of nitrogens with one attached hydrogen (secondary N) is 1. The number of benzene rings is 1. The van der Waals surface area contributed by atoms with Gasteiger partial charge in [-0.15, -0.1) is 0 Å². The zero-order valence-electron chi connectivity index (χ0n) is 11.4. The van der Waals surface area contributed by atoms with E-state index in [1.807, 2.05) is 0 Å². The molecule has 1 N–H and O–H groups in total. The monoisotopic (exact) mass is 290 g/mol. The minimum absolute atomic E-state index is 0.00422. The van der Waals surface area contributed by atoms with Gasteiger partial charge < -0.3 is 14.5 Å². The molecule has 0 aliphatic heterocycles. The average Bonchev–Trinajstić information content (AvgIpc) is 2.94. The van der Waals surface area contributed by atoms with Gasteiger partial charge in [-0.3, -0.25) is 14.9 Å². The Hall–Kier alpha value is -2.83. The highest BCUT2D eigenvalue weighted by atomic mass is 16.6. The molecule has 0 fully saturated rings. The average molecular weight is 290 g/mol. The van der Waals surface area contributed by atoms with E-state index in [1.54, 1.807) is 25.1 Å². The van der Waals surface area contributed by atoms with Crippen LogP contribution in [0.15, 0.2) is 40.8 Å². The predicted molar refractivity (Wildman–Crippen MR) is 74.1 cm³/mol. The Balaban J connectivity index is 2.04. The number of carbonyl (C=O) groups is 1. The molecule has 1 amide bonds. The molecular formula is C14H14N2O5. The fourth-order valence-corrected chi connectivity index (χ4v) is 1.70. The molecular weight excluding hydrogens is 276 g/mol. The number of carbonyl (C=O) groups excluding carboxylic acids is 1. The number of rotatable bonds is 6. The van der Waals surface area contributed by atoms with Crippen LogP contribution in [0.4, 0.5) is 5.69 Å². The van der Waals surface area contributed by atoms with Gasteiger partial charge in [-0.05, 0) is 25.1 Å². The first kappa shape index (κ1) is 14.6. The zero-order chi connectivity index (χ0) is 15.2. The van der Waals surface area contributed by atoms with E-state index in [2.05, 4.69) is 5.32 Å². The number of hydrogen-bond acceptors (Lipinski definition) is 5. The van der Waals surface area contributed by atoms with Crippen LogP contribution in [0.5, 0.6) is 5.75 Å². The smallest absolute Gasteiger partial charge is 0.310 e. The number of ether oxygens (including phenoxy) is 1. The lowest BCUT2D eigenvalue weighted by Gasteiger charge is -2.04. The van der Waals surface area contributed by atoms with Crippen molar-refractivity contribution in [1.82, 2.24) is 5.32 Å². The van der Waals surface area contributed by atoms with Gasteiger partial charge in [0.15, 0.2) is 11.5 Å². The fourth-order valence-electron chi connectivity index (χ4n) is 1.70. The first-order valence-corrected chi connectivity index (χ1v) is 6.35. The van der Waals surface area contributed by atoms with E-state index in [0.717, 1.165) is 0 Å². The van der Waals surface area contributed by atoms with Crippen molar-refractivity contribution < 1.29 is 18.9 Å². The normalized spacial score (nSPS) is 10.1. The highest BCUT2D eigenvalue weighted by molar-refractivity contribution is 5.91. The second kappa shape index (κ2) is 6.56. The minimum Gasteiger partial charge on any atom is -0.479 e. The van der Waals surface area contributed by atoms with Gasteiger partial charge in [0.1, 0.15) is 12.4 Å². The van der Waals surface area contributed by atoms with Crippen molar-refractivity contribution in [2.24, 2.45) is 0 Å². The van der Waals surface area contributed by atoms with Crippen LogP contribution in [0.2, 0.25) is 0 Å². The van der Waals surface area contributed by atoms with Crippen molar-refractivity contribution in [3.8, 4) is 5.75 Å². The van der Waals surface area contributed by atoms with Crippen molar-refractivity contribution in [1.29, 1.82) is 0 Å². The lowest BCUT2D eigenvalue weighted by atomic mass is 10.3. The summed E-state index contributed by atoms with van der Waals surface area (Å²) in [5.74, 6) is 0.431. The molecule has 0 radical (unpaired) electrons. The molecule has 1 aromatic heterocycles. The van der Waals surface area contributed by atoms with Gasteiger partial charge in [-0.1, -0.05) is 12.1 Å². The van der Waals surface area contributed by atoms with Crippen LogP contribution in [0.1, 0.15) is 23.2 Å². The summed E-state index contributed by atoms with van der Waals surface area (Å²) in [6, 6.07) is 9.20. The number of nitro benzene ring substituents is 1. The van der Waals surface area contributed by atoms with Gasteiger partial charge >= 0.3 is 5.69 Å². The largest absolute Gasteiger partial charge is 0.479 e. The molecule has 0 spiro atoms. The van der Waals surface area contributed by atoms with Crippen LogP contribution < -0.4 is 10.1 Å². The van der Waals surface area contributed by atoms with Gasteiger partial charge in [0.25, 0.3) is 5.91 Å². The molecule has 0 bridgehead atoms. The Morgan fingerprint density at radius 1 is 1.33 bits per heavy atom. The molecule has 1 aromatic carbocycles. The number of amides is 1. The number of hydrogen-bond donors (Lipinski definition) is 1. The third-order valence-electron chi connectivity index (χ3n) is 2.65. The molecule has 0 aliphatic rings. The topological polar surface area (TPSA) is 94.6 Å². The van der Waals surface area contributed by atoms with E-state index in [-0.39, 0.29) is 29.7 Å². The summed E-state index contributed by atoms with van der Waals surface area (Å²) in [4.78, 5) is 21.9. The van der Waals surface area contributed by atoms with Gasteiger partial charge in [-0.25, -0.2) is 0 Å². The summed E-state index contributed by atoms with van der Waals surface area (Å²) < 4.78 is 10.7. The zero-order valence-corrected chi connectivity index (χ0v) is 11.4. The predicted octanol–water partition coefficient (Wildman–Crippen LogP) is 2.52. The van der Waals surface area contributed by atoms with Crippen LogP contribution in [0.25, 0.3) is 0 Å². The van der Waals surface area contributed by atoms with Crippen molar-refractivity contribution in [3.05, 3.63) is 58.0 Å². The van der Waals surface area contributed by atoms with E-state index >= 15 is 0 Å². The van der Waals surface area contributed by atoms with E-state index in [1.165, 1.54) is 18.2 Å². The molecule has 1 heterocycles. The van der Waals surface area contributed by atoms with Gasteiger partial charge in [0.05, 0.1) is 4.92 Å². The molecule has 110 valence electrons. The number of para-hydroxylation sites is 2. The Morgan fingerprint density at radius 3 is 2.81 bits per heavy atom. The van der Waals surface area contributed by atoms with E-state index in [0.29, 0.717) is 12.3 Å². The molecule has 2 aromatic rings. The molecule has 0 saturated carbocycles. The molecule has 0 atom stereocenters. The summed E-state index contributed by atoms with van der Waals surface area (Å²) in [5, 5.41) is 13.5. The summed E-state index contributed by atoms with van der Waals surface area (Å²) in [5.41, 5.74) is -0.118. The molecule has 2 rings (SSSR count). The summed E-state index contributed by atoms with van der Waals surface area (Å²) in [6.07, 6.45) is 0. The van der Waals surface area contributed by atoms with Gasteiger partial charge in [-0.2, -0.15) is 0 Å². The first-order valence-electron chi connectivity index (χ1n) is 6.35. The molecule has 0 aliphatic carbocycles. The summed E-state index contributed by atoms with van der Waals surface area (Å²) >= 11 is 0. The quantitative estimate of drug-likeness (QED) is 0.651. The van der Waals surface area contributed by atoms with E-state index in [4.69, 9.17) is 9.15 Å². The summed E-state index contributed by atoms with van der Waals surface area (Å²) in [6.45, 7) is 2.31. The van der Waals surface area contributed by atoms with Crippen LogP contribution in [-0.2, 0) is 6.61 Å². The molecule has 0 saturated heterocycles. The van der Waals surface area contributed by atoms with Crippen LogP contribution in [-0.4, -0.2) is 17.4 Å². The number of nitro groups is 1. The lowest BCUT2D eigenvalue weighted by molar-refractivity contribution is -0.386. The summed E-state index contributed by atoms with van der Waals surface area (Å²) in [7, 11) is 0. The van der Waals surface area contributed by atoms with Crippen LogP contribution >= 0.6 is 0 Å². The van der Waals surface area contributed by atoms with Crippen LogP contribution in [0, 0.1) is 10.1 Å². The maximum atomic E-state index is 11.5. The van der Waals surface area contributed by atoms with E-state index in [9.17, 15) is 14.9 Å². The Morgan fingerprint density at radius 2 is 2.10 bits per heavy atom. The first-order chi connectivity index (χ1) is 10.1. The lowest BCUT2D eigenvalue weighted by Crippen LogP contribution is -2.21. The maximum Gasteiger partial charge on any atom is 0.310 e. The van der Waals surface area contributed by atoms with Crippen molar-refractivity contribution >= 4 is 11.6 Å². The van der Waals surface area contributed by atoms with Gasteiger partial charge in [0, 0.05) is 12.6 Å². The third-order valence-corrected chi connectivity index (χ3v) is 2.65. The Labute approximate surface area is 120 Å². The molecule has 7 nitrogen and oxygen atoms in total. The second-order valence-corrected chi connectivity index (χ2v) is 4.14. The SMILES string of the molecule is CCNC(=O)c1ccc(COc2ccccc2[N+](=O)[O-])o1. The van der Waals surface area contributed by atoms with Gasteiger partial charge in [0.2, 0.25) is 0 Å². The highest BCUT2D eigenvalue weighted by Gasteiger charge is 2.15. The highest BCUT2D eigenvalue weighted by Crippen LogP contribution is 2.26. The van der Waals surface area contributed by atoms with Crippen LogP contribution in [0.3, 0.4) is 0 Å².